The van der Waals surface area contributed by atoms with E-state index in [0.717, 1.165) is 42.9 Å². The van der Waals surface area contributed by atoms with E-state index in [0.29, 0.717) is 28.3 Å². The minimum Gasteiger partial charge on any atom is -0.481 e. The summed E-state index contributed by atoms with van der Waals surface area (Å²) in [6.07, 6.45) is 5.45. The number of H-pyrrole nitrogens is 1. The van der Waals surface area contributed by atoms with Gasteiger partial charge in [0.15, 0.2) is 5.82 Å². The number of nitrogens with one attached hydrogen (secondary N) is 2. The molecule has 7 rings (SSSR count). The number of hydrogen-bond acceptors (Lipinski definition) is 4. The second-order valence-electron chi connectivity index (χ2n) is 10.00. The number of halogens is 2. The van der Waals surface area contributed by atoms with Crippen molar-refractivity contribution >= 4 is 22.7 Å². The average Bonchev–Trinajstić information content (AvgIpc) is 3.29. The number of fused-ring (bicyclic) bond motifs is 4. The number of benzene rings is 2. The van der Waals surface area contributed by atoms with Crippen LogP contribution in [0.5, 0.6) is 0 Å². The molecule has 6 nitrogen and oxygen atoms in total. The van der Waals surface area contributed by atoms with Gasteiger partial charge in [-0.15, -0.1) is 0 Å². The summed E-state index contributed by atoms with van der Waals surface area (Å²) in [6.45, 7) is 1.99. The Morgan fingerprint density at radius 3 is 2.53 bits per heavy atom. The van der Waals surface area contributed by atoms with Gasteiger partial charge in [-0.05, 0) is 56.1 Å². The van der Waals surface area contributed by atoms with Gasteiger partial charge in [-0.2, -0.15) is 0 Å². The molecule has 0 radical (unpaired) electrons. The van der Waals surface area contributed by atoms with Crippen LogP contribution in [0.2, 0.25) is 0 Å². The Morgan fingerprint density at radius 1 is 1.03 bits per heavy atom. The fourth-order valence-corrected chi connectivity index (χ4v) is 6.16. The second-order valence-corrected chi connectivity index (χ2v) is 10.00. The van der Waals surface area contributed by atoms with Gasteiger partial charge in [0.1, 0.15) is 17.5 Å². The van der Waals surface area contributed by atoms with Crippen LogP contribution >= 0.6 is 0 Å². The third-order valence-electron chi connectivity index (χ3n) is 7.91. The summed E-state index contributed by atoms with van der Waals surface area (Å²) in [7, 11) is 0. The second kappa shape index (κ2) is 8.69. The Balaban J connectivity index is 1.49. The fraction of sp³-hybridized carbons (Fsp3) is 0.321. The minimum absolute atomic E-state index is 0.154. The molecule has 0 aliphatic heterocycles. The molecule has 3 aliphatic carbocycles. The van der Waals surface area contributed by atoms with Crippen LogP contribution in [0.25, 0.3) is 33.5 Å². The van der Waals surface area contributed by atoms with Crippen LogP contribution in [0.1, 0.15) is 31.2 Å². The molecule has 3 N–H and O–H groups in total. The number of aryl methyl sites for hydroxylation is 1. The van der Waals surface area contributed by atoms with Gasteiger partial charge in [-0.1, -0.05) is 24.3 Å². The standard InChI is InChI=1S/C28H26F2N4O2/c1-14-4-2-3-5-18(14)22-12-23(33-25-16-8-6-15(7-9-16)24(25)28(35)36)34-27(32-22)20-13-31-26-19(20)10-17(29)11-21(26)30/h2-5,10-13,15-16,24-25,31H,6-9H2,1H3,(H,35,36)(H,32,33,34)/t15?,16?,24-,25-/m0/s1. The molecule has 0 spiro atoms. The van der Waals surface area contributed by atoms with Gasteiger partial charge in [0, 0.05) is 40.9 Å². The van der Waals surface area contributed by atoms with Crippen LogP contribution in [0, 0.1) is 36.3 Å². The van der Waals surface area contributed by atoms with E-state index in [1.165, 1.54) is 6.07 Å². The first kappa shape index (κ1) is 22.6. The number of aromatic amines is 1. The van der Waals surface area contributed by atoms with Gasteiger partial charge >= 0.3 is 5.97 Å². The molecular weight excluding hydrogens is 462 g/mol. The van der Waals surface area contributed by atoms with Crippen LogP contribution in [-0.2, 0) is 4.79 Å². The maximum atomic E-state index is 14.4. The third kappa shape index (κ3) is 3.81. The van der Waals surface area contributed by atoms with Crippen molar-refractivity contribution in [3.63, 3.8) is 0 Å². The SMILES string of the molecule is Cc1ccccc1-c1cc(N[C@H]2C3CCC(CC3)[C@@H]2C(=O)O)nc(-c2c[nH]c3c(F)cc(F)cc23)n1. The zero-order chi connectivity index (χ0) is 25.0. The Morgan fingerprint density at radius 2 is 1.78 bits per heavy atom. The van der Waals surface area contributed by atoms with E-state index >= 15 is 0 Å². The lowest BCUT2D eigenvalue weighted by Gasteiger charge is -2.47. The molecule has 2 aromatic carbocycles. The van der Waals surface area contributed by atoms with Crippen molar-refractivity contribution in [1.82, 2.24) is 15.0 Å². The predicted molar refractivity (Wildman–Crippen MR) is 133 cm³/mol. The molecule has 184 valence electrons. The van der Waals surface area contributed by atoms with E-state index in [1.807, 2.05) is 37.3 Å². The summed E-state index contributed by atoms with van der Waals surface area (Å²) in [5.41, 5.74) is 3.23. The van der Waals surface area contributed by atoms with E-state index in [-0.39, 0.29) is 23.4 Å². The summed E-state index contributed by atoms with van der Waals surface area (Å²) >= 11 is 0. The van der Waals surface area contributed by atoms with Gasteiger partial charge in [0.2, 0.25) is 0 Å². The molecule has 2 atom stereocenters. The fourth-order valence-electron chi connectivity index (χ4n) is 6.16. The van der Waals surface area contributed by atoms with E-state index in [2.05, 4.69) is 10.3 Å². The molecule has 3 aliphatic rings. The molecule has 0 saturated heterocycles. The summed E-state index contributed by atoms with van der Waals surface area (Å²) < 4.78 is 28.5. The number of carboxylic acid groups (broad SMARTS) is 1. The molecule has 3 saturated carbocycles. The van der Waals surface area contributed by atoms with Crippen molar-refractivity contribution in [2.24, 2.45) is 17.8 Å². The number of aliphatic carboxylic acids is 1. The molecule has 36 heavy (non-hydrogen) atoms. The van der Waals surface area contributed by atoms with Gasteiger partial charge < -0.3 is 15.4 Å². The third-order valence-corrected chi connectivity index (χ3v) is 7.91. The summed E-state index contributed by atoms with van der Waals surface area (Å²) in [5, 5.41) is 13.8. The molecule has 3 fully saturated rings. The minimum atomic E-state index is -0.780. The largest absolute Gasteiger partial charge is 0.481 e. The van der Waals surface area contributed by atoms with Crippen molar-refractivity contribution in [3.8, 4) is 22.6 Å². The first-order valence-corrected chi connectivity index (χ1v) is 12.3. The molecule has 2 heterocycles. The zero-order valence-electron chi connectivity index (χ0n) is 19.8. The number of aromatic nitrogens is 3. The van der Waals surface area contributed by atoms with E-state index in [1.54, 1.807) is 6.20 Å². The number of carbonyl (C=O) groups is 1. The summed E-state index contributed by atoms with van der Waals surface area (Å²) in [6, 6.07) is 11.5. The summed E-state index contributed by atoms with van der Waals surface area (Å²) in [4.78, 5) is 24.6. The highest BCUT2D eigenvalue weighted by Gasteiger charge is 2.47. The van der Waals surface area contributed by atoms with Crippen molar-refractivity contribution in [3.05, 3.63) is 65.9 Å². The highest BCUT2D eigenvalue weighted by molar-refractivity contribution is 5.94. The van der Waals surface area contributed by atoms with Gasteiger partial charge in [0.25, 0.3) is 0 Å². The van der Waals surface area contributed by atoms with Crippen LogP contribution in [0.4, 0.5) is 14.6 Å². The number of carboxylic acids is 1. The number of rotatable bonds is 5. The lowest BCUT2D eigenvalue weighted by molar-refractivity contribution is -0.148. The van der Waals surface area contributed by atoms with Crippen LogP contribution in [0.3, 0.4) is 0 Å². The molecule has 0 amide bonds. The van der Waals surface area contributed by atoms with Crippen molar-refractivity contribution in [2.45, 2.75) is 38.6 Å². The number of hydrogen-bond donors (Lipinski definition) is 3. The highest BCUT2D eigenvalue weighted by atomic mass is 19.1. The van der Waals surface area contributed by atoms with Crippen LogP contribution in [0.15, 0.2) is 48.7 Å². The predicted octanol–water partition coefficient (Wildman–Crippen LogP) is 6.18. The normalized spacial score (nSPS) is 23.2. The average molecular weight is 489 g/mol. The number of anilines is 1. The monoisotopic (exact) mass is 488 g/mol. The van der Waals surface area contributed by atoms with Gasteiger partial charge in [-0.25, -0.2) is 18.7 Å². The van der Waals surface area contributed by atoms with Crippen LogP contribution in [-0.4, -0.2) is 32.1 Å². The van der Waals surface area contributed by atoms with Crippen molar-refractivity contribution < 1.29 is 18.7 Å². The van der Waals surface area contributed by atoms with E-state index in [4.69, 9.17) is 9.97 Å². The highest BCUT2D eigenvalue weighted by Crippen LogP contribution is 2.46. The van der Waals surface area contributed by atoms with E-state index < -0.39 is 23.5 Å². The maximum Gasteiger partial charge on any atom is 0.308 e. The Labute approximate surface area is 206 Å². The number of nitrogens with zero attached hydrogens (tertiary/aromatic N) is 2. The smallest absolute Gasteiger partial charge is 0.308 e. The lowest BCUT2D eigenvalue weighted by atomic mass is 9.61. The Hall–Kier alpha value is -3.81. The topological polar surface area (TPSA) is 90.9 Å². The zero-order valence-corrected chi connectivity index (χ0v) is 19.8. The lowest BCUT2D eigenvalue weighted by Crippen LogP contribution is -2.51. The quantitative estimate of drug-likeness (QED) is 0.312. The first-order chi connectivity index (χ1) is 17.4. The maximum absolute atomic E-state index is 14.4. The van der Waals surface area contributed by atoms with Crippen LogP contribution < -0.4 is 5.32 Å². The van der Waals surface area contributed by atoms with E-state index in [9.17, 15) is 18.7 Å². The van der Waals surface area contributed by atoms with Crippen molar-refractivity contribution in [1.29, 1.82) is 0 Å². The molecule has 8 heteroatoms. The van der Waals surface area contributed by atoms with Gasteiger partial charge in [-0.3, -0.25) is 4.79 Å². The first-order valence-electron chi connectivity index (χ1n) is 12.3. The summed E-state index contributed by atoms with van der Waals surface area (Å²) in [5.74, 6) is -1.40. The molecule has 4 aromatic rings. The molecular formula is C28H26F2N4O2. The Bertz CT molecular complexity index is 1480. The molecule has 0 unspecified atom stereocenters. The molecule has 2 aromatic heterocycles. The Kier molecular flexibility index (Phi) is 5.47. The van der Waals surface area contributed by atoms with Crippen molar-refractivity contribution in [2.75, 3.05) is 5.32 Å². The van der Waals surface area contributed by atoms with Gasteiger partial charge in [0.05, 0.1) is 17.1 Å². The molecule has 2 bridgehead atoms.